The van der Waals surface area contributed by atoms with Gasteiger partial charge in [0.2, 0.25) is 15.9 Å². The van der Waals surface area contributed by atoms with Crippen molar-refractivity contribution in [2.24, 2.45) is 0 Å². The predicted molar refractivity (Wildman–Crippen MR) is 103 cm³/mol. The number of halogens is 2. The zero-order valence-electron chi connectivity index (χ0n) is 14.6. The van der Waals surface area contributed by atoms with E-state index < -0.39 is 15.9 Å². The zero-order chi connectivity index (χ0) is 20.3. The molecule has 1 N–H and O–H groups in total. The highest BCUT2D eigenvalue weighted by Gasteiger charge is 2.32. The Hall–Kier alpha value is -2.07. The van der Waals surface area contributed by atoms with Crippen molar-refractivity contribution >= 4 is 45.0 Å². The summed E-state index contributed by atoms with van der Waals surface area (Å²) in [5.74, 6) is -0.685. The first-order chi connectivity index (χ1) is 13.3. The molecule has 1 saturated heterocycles. The summed E-state index contributed by atoms with van der Waals surface area (Å²) in [6.07, 6.45) is 1.36. The van der Waals surface area contributed by atoms with Crippen LogP contribution in [0.2, 0.25) is 10.0 Å². The summed E-state index contributed by atoms with van der Waals surface area (Å²) < 4.78 is 31.8. The van der Waals surface area contributed by atoms with Gasteiger partial charge in [0, 0.05) is 26.2 Å². The van der Waals surface area contributed by atoms with Crippen LogP contribution < -0.4 is 5.32 Å². The molecular weight excluding hydrogens is 429 g/mol. The van der Waals surface area contributed by atoms with E-state index in [-0.39, 0.29) is 59.3 Å². The number of furan rings is 1. The molecule has 0 saturated carbocycles. The number of sulfonamides is 1. The molecule has 2 heterocycles. The Balaban J connectivity index is 1.57. The van der Waals surface area contributed by atoms with E-state index in [0.29, 0.717) is 0 Å². The Morgan fingerprint density at radius 1 is 1.07 bits per heavy atom. The molecule has 0 spiro atoms. The average molecular weight is 446 g/mol. The highest BCUT2D eigenvalue weighted by Crippen LogP contribution is 2.31. The van der Waals surface area contributed by atoms with E-state index in [1.807, 2.05) is 0 Å². The van der Waals surface area contributed by atoms with Gasteiger partial charge in [-0.15, -0.1) is 0 Å². The number of benzene rings is 1. The molecule has 150 valence electrons. The molecule has 1 aromatic carbocycles. The largest absolute Gasteiger partial charge is 0.459 e. The average Bonchev–Trinajstić information content (AvgIpc) is 3.23. The van der Waals surface area contributed by atoms with Crippen LogP contribution in [0.25, 0.3) is 0 Å². The standard InChI is InChI=1S/C17H17Cl2N3O5S/c18-12-3-1-5-14(16(12)19)28(25,26)22-8-6-21(7-9-22)15(23)11-20-17(24)13-4-2-10-27-13/h1-5,10H,6-9,11H2,(H,20,24). The molecule has 0 atom stereocenters. The lowest BCUT2D eigenvalue weighted by molar-refractivity contribution is -0.131. The lowest BCUT2D eigenvalue weighted by atomic mass is 10.3. The number of amides is 2. The van der Waals surface area contributed by atoms with Gasteiger partial charge in [0.25, 0.3) is 5.91 Å². The molecule has 11 heteroatoms. The minimum atomic E-state index is -3.82. The number of nitrogens with one attached hydrogen (secondary N) is 1. The molecule has 8 nitrogen and oxygen atoms in total. The van der Waals surface area contributed by atoms with Crippen LogP contribution in [-0.2, 0) is 14.8 Å². The number of piperazine rings is 1. The topological polar surface area (TPSA) is 99.9 Å². The minimum absolute atomic E-state index is 0.0247. The molecule has 0 aliphatic carbocycles. The van der Waals surface area contributed by atoms with Gasteiger partial charge in [0.1, 0.15) is 4.90 Å². The third-order valence-electron chi connectivity index (χ3n) is 4.27. The second-order valence-electron chi connectivity index (χ2n) is 6.00. The first-order valence-corrected chi connectivity index (χ1v) is 10.5. The van der Waals surface area contributed by atoms with E-state index in [9.17, 15) is 18.0 Å². The highest BCUT2D eigenvalue weighted by molar-refractivity contribution is 7.89. The van der Waals surface area contributed by atoms with Crippen molar-refractivity contribution in [2.75, 3.05) is 32.7 Å². The first-order valence-electron chi connectivity index (χ1n) is 8.34. The second-order valence-corrected chi connectivity index (χ2v) is 8.69. The molecule has 28 heavy (non-hydrogen) atoms. The Kier molecular flexibility index (Phi) is 6.29. The van der Waals surface area contributed by atoms with Crippen LogP contribution >= 0.6 is 23.2 Å². The third kappa shape index (κ3) is 4.33. The SMILES string of the molecule is O=C(NCC(=O)N1CCN(S(=O)(=O)c2cccc(Cl)c2Cl)CC1)c1ccco1. The van der Waals surface area contributed by atoms with Crippen LogP contribution in [-0.4, -0.2) is 62.2 Å². The van der Waals surface area contributed by atoms with Gasteiger partial charge >= 0.3 is 0 Å². The number of carbonyl (C=O) groups is 2. The summed E-state index contributed by atoms with van der Waals surface area (Å²) in [6.45, 7) is 0.429. The van der Waals surface area contributed by atoms with Crippen LogP contribution in [0.5, 0.6) is 0 Å². The van der Waals surface area contributed by atoms with Gasteiger partial charge in [0.15, 0.2) is 5.76 Å². The molecule has 0 unspecified atom stereocenters. The smallest absolute Gasteiger partial charge is 0.287 e. The summed E-state index contributed by atoms with van der Waals surface area (Å²) in [5.41, 5.74) is 0. The van der Waals surface area contributed by atoms with Gasteiger partial charge in [-0.3, -0.25) is 9.59 Å². The Morgan fingerprint density at radius 3 is 2.43 bits per heavy atom. The first kappa shape index (κ1) is 20.7. The zero-order valence-corrected chi connectivity index (χ0v) is 16.9. The van der Waals surface area contributed by atoms with Crippen molar-refractivity contribution in [1.82, 2.24) is 14.5 Å². The van der Waals surface area contributed by atoms with Crippen LogP contribution in [0.1, 0.15) is 10.6 Å². The molecule has 1 aliphatic heterocycles. The summed E-state index contributed by atoms with van der Waals surface area (Å²) in [6, 6.07) is 7.48. The molecule has 0 bridgehead atoms. The molecule has 2 aromatic rings. The maximum Gasteiger partial charge on any atom is 0.287 e. The number of carbonyl (C=O) groups excluding carboxylic acids is 2. The fraction of sp³-hybridized carbons (Fsp3) is 0.294. The predicted octanol–water partition coefficient (Wildman–Crippen LogP) is 1.85. The molecular formula is C17H17Cl2N3O5S. The Bertz CT molecular complexity index is 971. The van der Waals surface area contributed by atoms with Gasteiger partial charge in [-0.05, 0) is 24.3 Å². The van der Waals surface area contributed by atoms with Crippen LogP contribution in [0.15, 0.2) is 45.9 Å². The quantitative estimate of drug-likeness (QED) is 0.756. The van der Waals surface area contributed by atoms with Crippen molar-refractivity contribution < 1.29 is 22.4 Å². The Morgan fingerprint density at radius 2 is 1.79 bits per heavy atom. The number of hydrogen-bond acceptors (Lipinski definition) is 5. The van der Waals surface area contributed by atoms with Gasteiger partial charge in [-0.1, -0.05) is 29.3 Å². The normalized spacial score (nSPS) is 15.4. The lowest BCUT2D eigenvalue weighted by Gasteiger charge is -2.34. The van der Waals surface area contributed by atoms with Gasteiger partial charge in [0.05, 0.1) is 22.9 Å². The molecule has 1 fully saturated rings. The van der Waals surface area contributed by atoms with E-state index >= 15 is 0 Å². The van der Waals surface area contributed by atoms with Crippen LogP contribution in [0.3, 0.4) is 0 Å². The van der Waals surface area contributed by atoms with Crippen molar-refractivity contribution in [1.29, 1.82) is 0 Å². The van der Waals surface area contributed by atoms with Gasteiger partial charge in [-0.25, -0.2) is 8.42 Å². The van der Waals surface area contributed by atoms with E-state index in [4.69, 9.17) is 27.6 Å². The maximum absolute atomic E-state index is 12.8. The summed E-state index contributed by atoms with van der Waals surface area (Å²) in [4.78, 5) is 25.5. The monoisotopic (exact) mass is 445 g/mol. The molecule has 2 amide bonds. The summed E-state index contributed by atoms with van der Waals surface area (Å²) >= 11 is 12.0. The number of nitrogens with zero attached hydrogens (tertiary/aromatic N) is 2. The fourth-order valence-electron chi connectivity index (χ4n) is 2.76. The van der Waals surface area contributed by atoms with Crippen molar-refractivity contribution in [2.45, 2.75) is 4.90 Å². The van der Waals surface area contributed by atoms with Crippen molar-refractivity contribution in [3.8, 4) is 0 Å². The molecule has 1 aromatic heterocycles. The molecule has 3 rings (SSSR count). The van der Waals surface area contributed by atoms with Crippen LogP contribution in [0.4, 0.5) is 0 Å². The second kappa shape index (κ2) is 8.52. The summed E-state index contributed by atoms with van der Waals surface area (Å²) in [7, 11) is -3.82. The third-order valence-corrected chi connectivity index (χ3v) is 7.14. The van der Waals surface area contributed by atoms with Gasteiger partial charge < -0.3 is 14.6 Å². The lowest BCUT2D eigenvalue weighted by Crippen LogP contribution is -2.52. The summed E-state index contributed by atoms with van der Waals surface area (Å²) in [5, 5.41) is 2.61. The number of hydrogen-bond donors (Lipinski definition) is 1. The fourth-order valence-corrected chi connectivity index (χ4v) is 4.92. The van der Waals surface area contributed by atoms with E-state index in [0.717, 1.165) is 0 Å². The van der Waals surface area contributed by atoms with Crippen molar-refractivity contribution in [3.63, 3.8) is 0 Å². The van der Waals surface area contributed by atoms with E-state index in [2.05, 4.69) is 5.32 Å². The highest BCUT2D eigenvalue weighted by atomic mass is 35.5. The maximum atomic E-state index is 12.8. The van der Waals surface area contributed by atoms with Gasteiger partial charge in [-0.2, -0.15) is 4.31 Å². The minimum Gasteiger partial charge on any atom is -0.459 e. The molecule has 1 aliphatic rings. The van der Waals surface area contributed by atoms with Crippen molar-refractivity contribution in [3.05, 3.63) is 52.4 Å². The number of rotatable bonds is 5. The van der Waals surface area contributed by atoms with E-state index in [1.165, 1.54) is 39.7 Å². The Labute approximate surface area is 172 Å². The van der Waals surface area contributed by atoms with Crippen LogP contribution in [0, 0.1) is 0 Å². The van der Waals surface area contributed by atoms with E-state index in [1.54, 1.807) is 6.07 Å². The molecule has 0 radical (unpaired) electrons.